The van der Waals surface area contributed by atoms with Crippen LogP contribution < -0.4 is 5.32 Å². The zero-order chi connectivity index (χ0) is 14.5. The van der Waals surface area contributed by atoms with E-state index in [0.717, 1.165) is 0 Å². The molecule has 19 heavy (non-hydrogen) atoms. The van der Waals surface area contributed by atoms with Crippen molar-refractivity contribution in [3.05, 3.63) is 39.9 Å². The van der Waals surface area contributed by atoms with E-state index in [1.54, 1.807) is 31.2 Å². The summed E-state index contributed by atoms with van der Waals surface area (Å²) < 4.78 is 0. The number of hydrogen-bond acceptors (Lipinski definition) is 2. The Labute approximate surface area is 123 Å². The van der Waals surface area contributed by atoms with Crippen LogP contribution in [0.2, 0.25) is 10.0 Å². The minimum absolute atomic E-state index is 0.209. The molecule has 0 bridgehead atoms. The predicted octanol–water partition coefficient (Wildman–Crippen LogP) is 3.28. The first kappa shape index (κ1) is 16.0. The average Bonchev–Trinajstić information content (AvgIpc) is 2.35. The molecule has 0 heterocycles. The van der Waals surface area contributed by atoms with Crippen LogP contribution in [0.5, 0.6) is 0 Å². The molecule has 1 aromatic carbocycles. The standard InChI is InChI=1S/C14H17Cl2NO2/c1-3-14(2,19)9-17-13(18)7-5-10-4-6-11(15)8-12(10)16/h4-8,19H,3,9H2,1-2H3,(H,17,18). The van der Waals surface area contributed by atoms with Gasteiger partial charge in [0.1, 0.15) is 0 Å². The first-order valence-corrected chi connectivity index (χ1v) is 6.73. The van der Waals surface area contributed by atoms with Gasteiger partial charge in [0, 0.05) is 22.7 Å². The molecule has 1 unspecified atom stereocenters. The van der Waals surface area contributed by atoms with Crippen molar-refractivity contribution in [1.29, 1.82) is 0 Å². The van der Waals surface area contributed by atoms with Crippen LogP contribution in [0.3, 0.4) is 0 Å². The largest absolute Gasteiger partial charge is 0.388 e. The number of carbonyl (C=O) groups is 1. The predicted molar refractivity (Wildman–Crippen MR) is 79.4 cm³/mol. The fraction of sp³-hybridized carbons (Fsp3) is 0.357. The summed E-state index contributed by atoms with van der Waals surface area (Å²) in [6, 6.07) is 5.05. The molecule has 0 aliphatic rings. The van der Waals surface area contributed by atoms with E-state index in [1.165, 1.54) is 6.08 Å². The van der Waals surface area contributed by atoms with Gasteiger partial charge >= 0.3 is 0 Å². The number of hydrogen-bond donors (Lipinski definition) is 2. The first-order valence-electron chi connectivity index (χ1n) is 5.97. The zero-order valence-electron chi connectivity index (χ0n) is 10.9. The summed E-state index contributed by atoms with van der Waals surface area (Å²) in [5.74, 6) is -0.278. The van der Waals surface area contributed by atoms with Gasteiger partial charge in [0.05, 0.1) is 5.60 Å². The first-order chi connectivity index (χ1) is 8.84. The highest BCUT2D eigenvalue weighted by molar-refractivity contribution is 6.35. The number of amides is 1. The van der Waals surface area contributed by atoms with E-state index in [0.29, 0.717) is 22.0 Å². The quantitative estimate of drug-likeness (QED) is 0.820. The van der Waals surface area contributed by atoms with Crippen molar-refractivity contribution >= 4 is 35.2 Å². The van der Waals surface area contributed by atoms with Crippen LogP contribution in [-0.2, 0) is 4.79 Å². The Morgan fingerprint density at radius 1 is 1.47 bits per heavy atom. The van der Waals surface area contributed by atoms with Crippen LogP contribution in [0.15, 0.2) is 24.3 Å². The lowest BCUT2D eigenvalue weighted by atomic mass is 10.0. The molecule has 1 amide bonds. The van der Waals surface area contributed by atoms with Crippen molar-refractivity contribution in [3.63, 3.8) is 0 Å². The van der Waals surface area contributed by atoms with Gasteiger partial charge in [-0.1, -0.05) is 36.2 Å². The van der Waals surface area contributed by atoms with Crippen molar-refractivity contribution in [2.75, 3.05) is 6.54 Å². The highest BCUT2D eigenvalue weighted by Crippen LogP contribution is 2.21. The van der Waals surface area contributed by atoms with Crippen molar-refractivity contribution < 1.29 is 9.90 Å². The maximum absolute atomic E-state index is 11.6. The molecular formula is C14H17Cl2NO2. The van der Waals surface area contributed by atoms with Crippen molar-refractivity contribution in [1.82, 2.24) is 5.32 Å². The summed E-state index contributed by atoms with van der Waals surface area (Å²) in [6.45, 7) is 3.74. The topological polar surface area (TPSA) is 49.3 Å². The fourth-order valence-electron chi connectivity index (χ4n) is 1.26. The number of carbonyl (C=O) groups excluding carboxylic acids is 1. The number of benzene rings is 1. The van der Waals surface area contributed by atoms with Gasteiger partial charge in [0.25, 0.3) is 0 Å². The van der Waals surface area contributed by atoms with Crippen LogP contribution in [0.4, 0.5) is 0 Å². The second kappa shape index (κ2) is 6.94. The molecule has 0 aliphatic heterocycles. The Morgan fingerprint density at radius 2 is 2.16 bits per heavy atom. The van der Waals surface area contributed by atoms with Crippen LogP contribution in [-0.4, -0.2) is 23.2 Å². The number of halogens is 2. The van der Waals surface area contributed by atoms with E-state index in [1.807, 2.05) is 6.92 Å². The summed E-state index contributed by atoms with van der Waals surface area (Å²) in [4.78, 5) is 11.6. The molecule has 0 spiro atoms. The highest BCUT2D eigenvalue weighted by atomic mass is 35.5. The lowest BCUT2D eigenvalue weighted by Crippen LogP contribution is -2.39. The normalized spacial score (nSPS) is 14.4. The van der Waals surface area contributed by atoms with E-state index in [4.69, 9.17) is 23.2 Å². The van der Waals surface area contributed by atoms with Crippen molar-refractivity contribution in [2.45, 2.75) is 25.9 Å². The maximum Gasteiger partial charge on any atom is 0.244 e. The minimum Gasteiger partial charge on any atom is -0.388 e. The summed E-state index contributed by atoms with van der Waals surface area (Å²) in [5, 5.41) is 13.4. The van der Waals surface area contributed by atoms with Gasteiger partial charge in [-0.3, -0.25) is 4.79 Å². The molecule has 1 atom stereocenters. The second-order valence-electron chi connectivity index (χ2n) is 4.57. The SMILES string of the molecule is CCC(C)(O)CNC(=O)C=Cc1ccc(Cl)cc1Cl. The van der Waals surface area contributed by atoms with Gasteiger partial charge in [0.2, 0.25) is 5.91 Å². The van der Waals surface area contributed by atoms with E-state index in [-0.39, 0.29) is 12.5 Å². The van der Waals surface area contributed by atoms with E-state index < -0.39 is 5.60 Å². The molecule has 0 aromatic heterocycles. The summed E-state index contributed by atoms with van der Waals surface area (Å²) >= 11 is 11.8. The van der Waals surface area contributed by atoms with Gasteiger partial charge in [-0.05, 0) is 37.1 Å². The van der Waals surface area contributed by atoms with Crippen molar-refractivity contribution in [3.8, 4) is 0 Å². The monoisotopic (exact) mass is 301 g/mol. The fourth-order valence-corrected chi connectivity index (χ4v) is 1.74. The lowest BCUT2D eigenvalue weighted by Gasteiger charge is -2.20. The van der Waals surface area contributed by atoms with Gasteiger partial charge in [-0.15, -0.1) is 0 Å². The van der Waals surface area contributed by atoms with Gasteiger partial charge in [-0.25, -0.2) is 0 Å². The van der Waals surface area contributed by atoms with Gasteiger partial charge in [-0.2, -0.15) is 0 Å². The van der Waals surface area contributed by atoms with Gasteiger partial charge < -0.3 is 10.4 Å². The third-order valence-electron chi connectivity index (χ3n) is 2.78. The molecular weight excluding hydrogens is 285 g/mol. The Bertz CT molecular complexity index is 484. The molecule has 0 saturated heterocycles. The zero-order valence-corrected chi connectivity index (χ0v) is 12.4. The summed E-state index contributed by atoms with van der Waals surface area (Å²) in [7, 11) is 0. The third-order valence-corrected chi connectivity index (χ3v) is 3.34. The Kier molecular flexibility index (Phi) is 5.85. The molecule has 1 rings (SSSR count). The number of nitrogens with one attached hydrogen (secondary N) is 1. The smallest absolute Gasteiger partial charge is 0.244 e. The number of rotatable bonds is 5. The Balaban J connectivity index is 2.59. The molecule has 0 aliphatic carbocycles. The van der Waals surface area contributed by atoms with Crippen LogP contribution in [0.1, 0.15) is 25.8 Å². The third kappa shape index (κ3) is 5.64. The second-order valence-corrected chi connectivity index (χ2v) is 5.41. The molecule has 0 fully saturated rings. The molecule has 2 N–H and O–H groups in total. The Morgan fingerprint density at radius 3 is 2.74 bits per heavy atom. The average molecular weight is 302 g/mol. The molecule has 0 saturated carbocycles. The van der Waals surface area contributed by atoms with Gasteiger partial charge in [0.15, 0.2) is 0 Å². The lowest BCUT2D eigenvalue weighted by molar-refractivity contribution is -0.117. The van der Waals surface area contributed by atoms with Crippen LogP contribution >= 0.6 is 23.2 Å². The van der Waals surface area contributed by atoms with E-state index >= 15 is 0 Å². The van der Waals surface area contributed by atoms with E-state index in [2.05, 4.69) is 5.32 Å². The van der Waals surface area contributed by atoms with E-state index in [9.17, 15) is 9.90 Å². The minimum atomic E-state index is -0.887. The summed E-state index contributed by atoms with van der Waals surface area (Å²) in [5.41, 5.74) is -0.176. The number of aliphatic hydroxyl groups is 1. The molecule has 5 heteroatoms. The summed E-state index contributed by atoms with van der Waals surface area (Å²) in [6.07, 6.45) is 3.55. The molecule has 1 aromatic rings. The van der Waals surface area contributed by atoms with Crippen LogP contribution in [0, 0.1) is 0 Å². The maximum atomic E-state index is 11.6. The highest BCUT2D eigenvalue weighted by Gasteiger charge is 2.17. The Hall–Kier alpha value is -1.03. The van der Waals surface area contributed by atoms with Crippen LogP contribution in [0.25, 0.3) is 6.08 Å². The molecule has 0 radical (unpaired) electrons. The molecule has 3 nitrogen and oxygen atoms in total. The van der Waals surface area contributed by atoms with Crippen molar-refractivity contribution in [2.24, 2.45) is 0 Å². The molecule has 104 valence electrons.